The van der Waals surface area contributed by atoms with Gasteiger partial charge in [-0.25, -0.2) is 4.79 Å². The smallest absolute Gasteiger partial charge is 0.317 e. The maximum absolute atomic E-state index is 12.0. The van der Waals surface area contributed by atoms with Gasteiger partial charge in [-0.3, -0.25) is 4.79 Å². The van der Waals surface area contributed by atoms with Gasteiger partial charge < -0.3 is 15.3 Å². The third kappa shape index (κ3) is 6.18. The highest BCUT2D eigenvalue weighted by Gasteiger charge is 2.25. The molecule has 1 heterocycles. The summed E-state index contributed by atoms with van der Waals surface area (Å²) in [7, 11) is 0. The van der Waals surface area contributed by atoms with Gasteiger partial charge in [0.05, 0.1) is 0 Å². The van der Waals surface area contributed by atoms with Crippen molar-refractivity contribution < 1.29 is 14.7 Å². The molecule has 0 radical (unpaired) electrons. The van der Waals surface area contributed by atoms with Gasteiger partial charge in [0.2, 0.25) is 0 Å². The first-order valence-corrected chi connectivity index (χ1v) is 7.72. The van der Waals surface area contributed by atoms with E-state index in [9.17, 15) is 9.59 Å². The van der Waals surface area contributed by atoms with Gasteiger partial charge in [-0.1, -0.05) is 20.8 Å². The highest BCUT2D eigenvalue weighted by Crippen LogP contribution is 2.24. The number of nitrogens with zero attached hydrogens (tertiary/aromatic N) is 1. The number of carboxylic acid groups (broad SMARTS) is 1. The van der Waals surface area contributed by atoms with Crippen LogP contribution in [-0.4, -0.2) is 52.1 Å². The number of rotatable bonds is 5. The number of amides is 2. The molecule has 3 atom stereocenters. The third-order valence-electron chi connectivity index (χ3n) is 3.16. The van der Waals surface area contributed by atoms with E-state index >= 15 is 0 Å². The number of thioether (sulfide) groups is 1. The van der Waals surface area contributed by atoms with E-state index in [1.54, 1.807) is 0 Å². The van der Waals surface area contributed by atoms with Crippen LogP contribution in [-0.2, 0) is 4.79 Å². The molecule has 0 aromatic carbocycles. The normalized spacial score (nSPS) is 24.9. The first-order chi connectivity index (χ1) is 8.88. The van der Waals surface area contributed by atoms with Crippen molar-refractivity contribution in [2.75, 3.05) is 19.6 Å². The van der Waals surface area contributed by atoms with Gasteiger partial charge in [0.1, 0.15) is 0 Å². The van der Waals surface area contributed by atoms with E-state index in [-0.39, 0.29) is 18.4 Å². The van der Waals surface area contributed by atoms with Crippen molar-refractivity contribution in [3.8, 4) is 0 Å². The highest BCUT2D eigenvalue weighted by molar-refractivity contribution is 8.00. The fraction of sp³-hybridized carbons (Fsp3) is 0.846. The summed E-state index contributed by atoms with van der Waals surface area (Å²) >= 11 is 1.91. The van der Waals surface area contributed by atoms with Crippen LogP contribution in [0.1, 0.15) is 33.6 Å². The summed E-state index contributed by atoms with van der Waals surface area (Å²) in [6, 6.07) is -0.0267. The van der Waals surface area contributed by atoms with E-state index in [2.05, 4.69) is 19.2 Å². The van der Waals surface area contributed by atoms with Crippen LogP contribution in [0.3, 0.4) is 0 Å². The monoisotopic (exact) mass is 288 g/mol. The van der Waals surface area contributed by atoms with Crippen LogP contribution in [0.5, 0.6) is 0 Å². The van der Waals surface area contributed by atoms with Crippen molar-refractivity contribution in [3.05, 3.63) is 0 Å². The van der Waals surface area contributed by atoms with Crippen LogP contribution in [0.4, 0.5) is 4.79 Å². The largest absolute Gasteiger partial charge is 0.481 e. The lowest BCUT2D eigenvalue weighted by atomic mass is 10.1. The molecule has 0 spiro atoms. The molecule has 5 nitrogen and oxygen atoms in total. The first-order valence-electron chi connectivity index (χ1n) is 6.78. The summed E-state index contributed by atoms with van der Waals surface area (Å²) in [5.41, 5.74) is 0. The zero-order valence-corrected chi connectivity index (χ0v) is 12.7. The fourth-order valence-electron chi connectivity index (χ4n) is 2.19. The zero-order chi connectivity index (χ0) is 14.4. The Hall–Kier alpha value is -0.910. The van der Waals surface area contributed by atoms with Crippen molar-refractivity contribution in [1.82, 2.24) is 10.2 Å². The quantitative estimate of drug-likeness (QED) is 0.812. The lowest BCUT2D eigenvalue weighted by Gasteiger charge is -2.34. The Morgan fingerprint density at radius 2 is 1.95 bits per heavy atom. The highest BCUT2D eigenvalue weighted by atomic mass is 32.2. The van der Waals surface area contributed by atoms with E-state index in [1.165, 1.54) is 0 Å². The lowest BCUT2D eigenvalue weighted by molar-refractivity contribution is -0.137. The standard InChI is InChI=1S/C13H24N2O3S/c1-9(4-5-12(16)17)6-14-13(18)15-7-10(2)19-11(3)8-15/h9-11H,4-8H2,1-3H3,(H,14,18)(H,16,17). The molecule has 1 fully saturated rings. The van der Waals surface area contributed by atoms with E-state index in [0.29, 0.717) is 23.5 Å². The fourth-order valence-corrected chi connectivity index (χ4v) is 3.51. The van der Waals surface area contributed by atoms with Crippen LogP contribution < -0.4 is 5.32 Å². The Morgan fingerprint density at radius 1 is 1.37 bits per heavy atom. The van der Waals surface area contributed by atoms with Crippen molar-refractivity contribution in [2.24, 2.45) is 5.92 Å². The van der Waals surface area contributed by atoms with Crippen LogP contribution in [0, 0.1) is 5.92 Å². The maximum Gasteiger partial charge on any atom is 0.317 e. The van der Waals surface area contributed by atoms with Gasteiger partial charge in [-0.15, -0.1) is 0 Å². The summed E-state index contributed by atoms with van der Waals surface area (Å²) in [5, 5.41) is 12.4. The number of carboxylic acids is 1. The molecule has 1 aliphatic heterocycles. The first kappa shape index (κ1) is 16.1. The maximum atomic E-state index is 12.0. The molecule has 6 heteroatoms. The molecule has 0 aliphatic carbocycles. The molecule has 0 saturated carbocycles. The molecule has 0 aromatic rings. The summed E-state index contributed by atoms with van der Waals surface area (Å²) in [6.45, 7) is 8.33. The molecule has 3 unspecified atom stereocenters. The minimum absolute atomic E-state index is 0.0267. The van der Waals surface area contributed by atoms with Gasteiger partial charge in [0.25, 0.3) is 0 Å². The number of nitrogens with one attached hydrogen (secondary N) is 1. The molecule has 1 rings (SSSR count). The minimum Gasteiger partial charge on any atom is -0.481 e. The van der Waals surface area contributed by atoms with Crippen LogP contribution in [0.2, 0.25) is 0 Å². The van der Waals surface area contributed by atoms with E-state index in [1.807, 2.05) is 23.6 Å². The van der Waals surface area contributed by atoms with Gasteiger partial charge >= 0.3 is 12.0 Å². The van der Waals surface area contributed by atoms with E-state index in [0.717, 1.165) is 13.1 Å². The predicted octanol–water partition coefficient (Wildman–Crippen LogP) is 2.02. The molecule has 2 amide bonds. The second-order valence-electron chi connectivity index (χ2n) is 5.39. The van der Waals surface area contributed by atoms with Crippen molar-refractivity contribution in [1.29, 1.82) is 0 Å². The second-order valence-corrected chi connectivity index (χ2v) is 7.27. The van der Waals surface area contributed by atoms with Gasteiger partial charge in [0.15, 0.2) is 0 Å². The van der Waals surface area contributed by atoms with E-state index < -0.39 is 5.97 Å². The summed E-state index contributed by atoms with van der Waals surface area (Å²) in [4.78, 5) is 24.3. The number of urea groups is 1. The van der Waals surface area contributed by atoms with Gasteiger partial charge in [-0.2, -0.15) is 11.8 Å². The Balaban J connectivity index is 2.28. The zero-order valence-electron chi connectivity index (χ0n) is 11.9. The van der Waals surface area contributed by atoms with Crippen molar-refractivity contribution in [3.63, 3.8) is 0 Å². The topological polar surface area (TPSA) is 69.6 Å². The molecule has 0 aromatic heterocycles. The number of hydrogen-bond donors (Lipinski definition) is 2. The van der Waals surface area contributed by atoms with Crippen LogP contribution in [0.25, 0.3) is 0 Å². The molecule has 19 heavy (non-hydrogen) atoms. The third-order valence-corrected chi connectivity index (χ3v) is 4.39. The number of aliphatic carboxylic acids is 1. The Labute approximate surface area is 119 Å². The number of carbonyl (C=O) groups is 2. The van der Waals surface area contributed by atoms with Gasteiger partial charge in [0, 0.05) is 36.6 Å². The van der Waals surface area contributed by atoms with Crippen LogP contribution >= 0.6 is 11.8 Å². The molecule has 110 valence electrons. The number of carbonyl (C=O) groups excluding carboxylic acids is 1. The summed E-state index contributed by atoms with van der Waals surface area (Å²) in [5.74, 6) is -0.594. The summed E-state index contributed by atoms with van der Waals surface area (Å²) in [6.07, 6.45) is 0.754. The molecule has 1 saturated heterocycles. The molecule has 1 aliphatic rings. The lowest BCUT2D eigenvalue weighted by Crippen LogP contribution is -2.49. The van der Waals surface area contributed by atoms with Crippen molar-refractivity contribution in [2.45, 2.75) is 44.1 Å². The Morgan fingerprint density at radius 3 is 2.47 bits per heavy atom. The van der Waals surface area contributed by atoms with Crippen LogP contribution in [0.15, 0.2) is 0 Å². The average molecular weight is 288 g/mol. The van der Waals surface area contributed by atoms with E-state index in [4.69, 9.17) is 5.11 Å². The van der Waals surface area contributed by atoms with Gasteiger partial charge in [-0.05, 0) is 12.3 Å². The average Bonchev–Trinajstić information content (AvgIpc) is 2.32. The minimum atomic E-state index is -0.783. The predicted molar refractivity (Wildman–Crippen MR) is 77.5 cm³/mol. The molecular weight excluding hydrogens is 264 g/mol. The SMILES string of the molecule is CC(CCC(=O)O)CNC(=O)N1CC(C)SC(C)C1. The molecular formula is C13H24N2O3S. The molecule has 0 bridgehead atoms. The Bertz CT molecular complexity index is 315. The Kier molecular flexibility index (Phi) is 6.48. The number of hydrogen-bond acceptors (Lipinski definition) is 3. The second kappa shape index (κ2) is 7.62. The van der Waals surface area contributed by atoms with Crippen molar-refractivity contribution >= 4 is 23.8 Å². The summed E-state index contributed by atoms with van der Waals surface area (Å²) < 4.78 is 0. The molecule has 2 N–H and O–H groups in total.